The molecule has 0 saturated heterocycles. The smallest absolute Gasteiger partial charge is 0.259 e. The van der Waals surface area contributed by atoms with Crippen LogP contribution in [0.1, 0.15) is 10.4 Å². The highest BCUT2D eigenvalue weighted by atomic mass is 16.5. The molecule has 4 rings (SSSR count). The van der Waals surface area contributed by atoms with Crippen LogP contribution < -0.4 is 24.4 Å². The highest BCUT2D eigenvalue weighted by Gasteiger charge is 2.29. The summed E-state index contributed by atoms with van der Waals surface area (Å²) < 4.78 is 16.0. The predicted octanol–water partition coefficient (Wildman–Crippen LogP) is 3.68. The van der Waals surface area contributed by atoms with Crippen LogP contribution in [0.4, 0.5) is 11.4 Å². The molecule has 1 heterocycles. The van der Waals surface area contributed by atoms with Crippen molar-refractivity contribution in [2.75, 3.05) is 38.1 Å². The van der Waals surface area contributed by atoms with Crippen molar-refractivity contribution in [3.63, 3.8) is 0 Å². The van der Waals surface area contributed by atoms with Crippen molar-refractivity contribution >= 4 is 23.2 Å². The first-order valence-corrected chi connectivity index (χ1v) is 9.81. The Morgan fingerprint density at radius 1 is 0.969 bits per heavy atom. The van der Waals surface area contributed by atoms with E-state index in [0.717, 1.165) is 0 Å². The molecule has 1 aliphatic heterocycles. The number of hydrogen-bond acceptors (Lipinski definition) is 6. The van der Waals surface area contributed by atoms with E-state index < -0.39 is 5.91 Å². The first-order valence-electron chi connectivity index (χ1n) is 9.81. The van der Waals surface area contributed by atoms with Gasteiger partial charge in [0.15, 0.2) is 11.5 Å². The lowest BCUT2D eigenvalue weighted by Gasteiger charge is -2.30. The Balaban J connectivity index is 1.76. The van der Waals surface area contributed by atoms with E-state index in [9.17, 15) is 14.7 Å². The van der Waals surface area contributed by atoms with Crippen molar-refractivity contribution in [3.05, 3.63) is 60.2 Å². The molecule has 0 unspecified atom stereocenters. The first-order chi connectivity index (χ1) is 15.5. The van der Waals surface area contributed by atoms with Gasteiger partial charge in [0.1, 0.15) is 12.3 Å². The van der Waals surface area contributed by atoms with Gasteiger partial charge in [0, 0.05) is 11.1 Å². The summed E-state index contributed by atoms with van der Waals surface area (Å²) in [6.07, 6.45) is 0. The Morgan fingerprint density at radius 3 is 2.28 bits per heavy atom. The molecule has 0 aromatic heterocycles. The molecule has 2 N–H and O–H groups in total. The zero-order valence-corrected chi connectivity index (χ0v) is 17.8. The van der Waals surface area contributed by atoms with Gasteiger partial charge in [-0.05, 0) is 35.9 Å². The van der Waals surface area contributed by atoms with Gasteiger partial charge in [0.25, 0.3) is 5.91 Å². The monoisotopic (exact) mass is 434 g/mol. The molecule has 1 aliphatic rings. The zero-order chi connectivity index (χ0) is 22.8. The third-order valence-electron chi connectivity index (χ3n) is 5.24. The highest BCUT2D eigenvalue weighted by molar-refractivity contribution is 6.15. The van der Waals surface area contributed by atoms with E-state index in [-0.39, 0.29) is 23.8 Å². The molecule has 2 amide bonds. The van der Waals surface area contributed by atoms with E-state index >= 15 is 0 Å². The minimum atomic E-state index is -0.393. The molecule has 8 heteroatoms. The summed E-state index contributed by atoms with van der Waals surface area (Å²) in [5.74, 6) is 0.456. The van der Waals surface area contributed by atoms with Crippen LogP contribution in [0.2, 0.25) is 0 Å². The van der Waals surface area contributed by atoms with Gasteiger partial charge in [-0.2, -0.15) is 0 Å². The van der Waals surface area contributed by atoms with E-state index in [1.54, 1.807) is 48.5 Å². The summed E-state index contributed by atoms with van der Waals surface area (Å²) in [7, 11) is 4.42. The van der Waals surface area contributed by atoms with Crippen LogP contribution in [0.3, 0.4) is 0 Å². The lowest BCUT2D eigenvalue weighted by molar-refractivity contribution is -0.115. The Bertz CT molecular complexity index is 1180. The van der Waals surface area contributed by atoms with E-state index in [1.807, 2.05) is 6.07 Å². The van der Waals surface area contributed by atoms with Crippen LogP contribution >= 0.6 is 0 Å². The molecule has 3 aromatic rings. The Kier molecular flexibility index (Phi) is 5.59. The lowest BCUT2D eigenvalue weighted by atomic mass is 10.0. The van der Waals surface area contributed by atoms with Gasteiger partial charge in [-0.25, -0.2) is 0 Å². The van der Waals surface area contributed by atoms with Crippen molar-refractivity contribution < 1.29 is 28.9 Å². The number of nitrogens with one attached hydrogen (secondary N) is 1. The fraction of sp³-hybridized carbons (Fsp3) is 0.167. The number of carbonyl (C=O) groups excluding carboxylic acids is 2. The molecule has 0 bridgehead atoms. The zero-order valence-electron chi connectivity index (χ0n) is 17.8. The first kappa shape index (κ1) is 21.0. The van der Waals surface area contributed by atoms with E-state index in [1.165, 1.54) is 26.2 Å². The molecule has 0 saturated carbocycles. The Labute approximate surface area is 184 Å². The second-order valence-electron chi connectivity index (χ2n) is 7.10. The number of anilines is 2. The number of benzene rings is 3. The van der Waals surface area contributed by atoms with Gasteiger partial charge in [0.2, 0.25) is 11.7 Å². The largest absolute Gasteiger partial charge is 0.507 e. The molecule has 32 heavy (non-hydrogen) atoms. The fourth-order valence-electron chi connectivity index (χ4n) is 3.72. The van der Waals surface area contributed by atoms with Crippen molar-refractivity contribution in [1.29, 1.82) is 0 Å². The van der Waals surface area contributed by atoms with Crippen LogP contribution in [0.5, 0.6) is 23.0 Å². The molecule has 164 valence electrons. The molecule has 0 atom stereocenters. The number of ether oxygens (including phenoxy) is 3. The minimum absolute atomic E-state index is 0.125. The lowest BCUT2D eigenvalue weighted by Crippen LogP contribution is -2.42. The number of rotatable bonds is 5. The topological polar surface area (TPSA) is 97.3 Å². The number of para-hydroxylation sites is 1. The van der Waals surface area contributed by atoms with Crippen LogP contribution in [0.25, 0.3) is 11.1 Å². The molecular formula is C24H22N2O6. The maximum atomic E-state index is 13.4. The second-order valence-corrected chi connectivity index (χ2v) is 7.10. The number of aromatic hydroxyl groups is 1. The van der Waals surface area contributed by atoms with E-state index in [4.69, 9.17) is 14.2 Å². The van der Waals surface area contributed by atoms with Crippen molar-refractivity contribution in [3.8, 4) is 34.1 Å². The number of carbonyl (C=O) groups is 2. The molecule has 8 nitrogen and oxygen atoms in total. The van der Waals surface area contributed by atoms with E-state index in [0.29, 0.717) is 39.8 Å². The van der Waals surface area contributed by atoms with Gasteiger partial charge in [-0.3, -0.25) is 14.5 Å². The van der Waals surface area contributed by atoms with Gasteiger partial charge < -0.3 is 24.6 Å². The maximum Gasteiger partial charge on any atom is 0.259 e. The van der Waals surface area contributed by atoms with Gasteiger partial charge in [0.05, 0.1) is 32.7 Å². The third kappa shape index (κ3) is 3.66. The number of hydrogen-bond donors (Lipinski definition) is 2. The number of fused-ring (bicyclic) bond motifs is 1. The maximum absolute atomic E-state index is 13.4. The summed E-state index contributed by atoms with van der Waals surface area (Å²) in [6, 6.07) is 15.3. The van der Waals surface area contributed by atoms with Crippen LogP contribution in [0.15, 0.2) is 54.6 Å². The summed E-state index contributed by atoms with van der Waals surface area (Å²) >= 11 is 0. The van der Waals surface area contributed by atoms with Crippen molar-refractivity contribution in [1.82, 2.24) is 0 Å². The summed E-state index contributed by atoms with van der Waals surface area (Å²) in [5.41, 5.74) is 2.64. The standard InChI is InChI=1S/C24H22N2O6/c1-30-20-11-15(12-21(31-2)23(20)32-3)24(29)26-13-22(28)25-17-10-14(8-9-18(17)26)16-6-4-5-7-19(16)27/h4-12,27H,13H2,1-3H3,(H,25,28). The number of phenolic OH excluding ortho intramolecular Hbond substituents is 1. The number of phenols is 1. The molecule has 3 aromatic carbocycles. The summed E-state index contributed by atoms with van der Waals surface area (Å²) in [4.78, 5) is 27.2. The average molecular weight is 434 g/mol. The summed E-state index contributed by atoms with van der Waals surface area (Å²) in [6.45, 7) is -0.140. The number of nitrogens with zero attached hydrogens (tertiary/aromatic N) is 1. The predicted molar refractivity (Wildman–Crippen MR) is 120 cm³/mol. The van der Waals surface area contributed by atoms with Crippen molar-refractivity contribution in [2.24, 2.45) is 0 Å². The molecule has 0 spiro atoms. The molecule has 0 fully saturated rings. The molecule has 0 radical (unpaired) electrons. The fourth-order valence-corrected chi connectivity index (χ4v) is 3.72. The van der Waals surface area contributed by atoms with Crippen molar-refractivity contribution in [2.45, 2.75) is 0 Å². The van der Waals surface area contributed by atoms with Crippen LogP contribution in [0, 0.1) is 0 Å². The van der Waals surface area contributed by atoms with Gasteiger partial charge in [-0.15, -0.1) is 0 Å². The van der Waals surface area contributed by atoms with Crippen LogP contribution in [-0.2, 0) is 4.79 Å². The SMILES string of the molecule is COc1cc(C(=O)N2CC(=O)Nc3cc(-c4ccccc4O)ccc32)cc(OC)c1OC. The summed E-state index contributed by atoms with van der Waals surface area (Å²) in [5, 5.41) is 13.0. The van der Waals surface area contributed by atoms with Crippen LogP contribution in [-0.4, -0.2) is 44.8 Å². The highest BCUT2D eigenvalue weighted by Crippen LogP contribution is 2.40. The van der Waals surface area contributed by atoms with E-state index in [2.05, 4.69) is 5.32 Å². The second kappa shape index (κ2) is 8.50. The van der Waals surface area contributed by atoms with Gasteiger partial charge >= 0.3 is 0 Å². The van der Waals surface area contributed by atoms with Gasteiger partial charge in [-0.1, -0.05) is 24.3 Å². The Hall–Kier alpha value is -4.20. The minimum Gasteiger partial charge on any atom is -0.507 e. The molecular weight excluding hydrogens is 412 g/mol. The Morgan fingerprint density at radius 2 is 1.66 bits per heavy atom. The quantitative estimate of drug-likeness (QED) is 0.636. The normalized spacial score (nSPS) is 12.6. The third-order valence-corrected chi connectivity index (χ3v) is 5.24. The average Bonchev–Trinajstić information content (AvgIpc) is 2.81. The number of amides is 2. The number of methoxy groups -OCH3 is 3. The molecule has 0 aliphatic carbocycles.